The van der Waals surface area contributed by atoms with E-state index in [-0.39, 0.29) is 5.92 Å². The number of aliphatic hydroxyl groups excluding tert-OH is 1. The Kier molecular flexibility index (Phi) is 5.96. The Morgan fingerprint density at radius 2 is 2.05 bits per heavy atom. The molecule has 1 aliphatic rings. The molecule has 0 bridgehead atoms. The van der Waals surface area contributed by atoms with Gasteiger partial charge in [0.2, 0.25) is 0 Å². The molecule has 1 heterocycles. The summed E-state index contributed by atoms with van der Waals surface area (Å²) in [5.41, 5.74) is 1.20. The van der Waals surface area contributed by atoms with Gasteiger partial charge in [0, 0.05) is 6.54 Å². The second-order valence-corrected chi connectivity index (χ2v) is 5.42. The number of aliphatic hydroxyl groups is 1. The molecule has 4 heteroatoms. The average Bonchev–Trinajstić information content (AvgIpc) is 2.55. The highest BCUT2D eigenvalue weighted by molar-refractivity contribution is 5.74. The van der Waals surface area contributed by atoms with Gasteiger partial charge in [-0.2, -0.15) is 0 Å². The number of carbonyl (C=O) groups is 1. The van der Waals surface area contributed by atoms with Crippen molar-refractivity contribution in [2.45, 2.75) is 18.9 Å². The maximum Gasteiger partial charge on any atom is 0.334 e. The van der Waals surface area contributed by atoms with Crippen LogP contribution in [-0.2, 0) is 9.53 Å². The van der Waals surface area contributed by atoms with Crippen LogP contribution in [0, 0.1) is 5.92 Å². The highest BCUT2D eigenvalue weighted by Crippen LogP contribution is 2.21. The van der Waals surface area contributed by atoms with Crippen molar-refractivity contribution >= 4 is 12.0 Å². The number of carbonyl (C=O) groups excluding carboxylic acids is 1. The third-order valence-electron chi connectivity index (χ3n) is 3.99. The van der Waals surface area contributed by atoms with Crippen LogP contribution < -0.4 is 0 Å². The Morgan fingerprint density at radius 3 is 2.67 bits per heavy atom. The van der Waals surface area contributed by atoms with Crippen LogP contribution >= 0.6 is 0 Å². The molecule has 21 heavy (non-hydrogen) atoms. The molecule has 4 nitrogen and oxygen atoms in total. The Morgan fingerprint density at radius 1 is 1.38 bits per heavy atom. The molecule has 1 atom stereocenters. The molecule has 0 radical (unpaired) electrons. The molecule has 0 aromatic heterocycles. The summed E-state index contributed by atoms with van der Waals surface area (Å²) in [5.74, 6) is -0.496. The number of hydrogen-bond acceptors (Lipinski definition) is 4. The van der Waals surface area contributed by atoms with Crippen LogP contribution in [0.1, 0.15) is 18.4 Å². The second kappa shape index (κ2) is 7.96. The van der Waals surface area contributed by atoms with Crippen molar-refractivity contribution in [2.75, 3.05) is 26.7 Å². The van der Waals surface area contributed by atoms with Gasteiger partial charge in [0.25, 0.3) is 0 Å². The highest BCUT2D eigenvalue weighted by atomic mass is 16.5. The van der Waals surface area contributed by atoms with E-state index in [0.29, 0.717) is 0 Å². The zero-order chi connectivity index (χ0) is 15.1. The van der Waals surface area contributed by atoms with Crippen molar-refractivity contribution in [1.82, 2.24) is 4.90 Å². The SMILES string of the molecule is COC(=O)C(O)C1CCN(CC=Cc2ccccc2)CC1. The number of methoxy groups -OCH3 is 1. The fourth-order valence-electron chi connectivity index (χ4n) is 2.67. The standard InChI is InChI=1S/C17H23NO3/c1-21-17(20)16(19)15-9-12-18(13-10-15)11-5-8-14-6-3-2-4-7-14/h2-8,15-16,19H,9-13H2,1H3. The Hall–Kier alpha value is -1.65. The smallest absolute Gasteiger partial charge is 0.334 e. The van der Waals surface area contributed by atoms with E-state index in [9.17, 15) is 9.90 Å². The predicted octanol–water partition coefficient (Wildman–Crippen LogP) is 1.95. The van der Waals surface area contributed by atoms with Gasteiger partial charge < -0.3 is 9.84 Å². The molecule has 1 aliphatic heterocycles. The summed E-state index contributed by atoms with van der Waals surface area (Å²) in [6.45, 7) is 2.70. The van der Waals surface area contributed by atoms with Crippen molar-refractivity contribution in [3.05, 3.63) is 42.0 Å². The number of hydrogen-bond donors (Lipinski definition) is 1. The maximum absolute atomic E-state index is 11.3. The number of esters is 1. The zero-order valence-electron chi connectivity index (χ0n) is 12.4. The third kappa shape index (κ3) is 4.69. The van der Waals surface area contributed by atoms with E-state index in [2.05, 4.69) is 33.9 Å². The lowest BCUT2D eigenvalue weighted by atomic mass is 9.91. The van der Waals surface area contributed by atoms with Crippen LogP contribution in [0.4, 0.5) is 0 Å². The Labute approximate surface area is 126 Å². The van der Waals surface area contributed by atoms with Crippen molar-refractivity contribution in [2.24, 2.45) is 5.92 Å². The fraction of sp³-hybridized carbons (Fsp3) is 0.471. The minimum absolute atomic E-state index is 0.0202. The maximum atomic E-state index is 11.3. The molecule has 1 saturated heterocycles. The van der Waals surface area contributed by atoms with Gasteiger partial charge in [-0.1, -0.05) is 42.5 Å². The molecule has 1 fully saturated rings. The van der Waals surface area contributed by atoms with E-state index in [1.54, 1.807) is 0 Å². The molecular weight excluding hydrogens is 266 g/mol. The second-order valence-electron chi connectivity index (χ2n) is 5.42. The molecule has 114 valence electrons. The van der Waals surface area contributed by atoms with Crippen molar-refractivity contribution in [1.29, 1.82) is 0 Å². The van der Waals surface area contributed by atoms with Gasteiger partial charge in [0.05, 0.1) is 7.11 Å². The van der Waals surface area contributed by atoms with Gasteiger partial charge >= 0.3 is 5.97 Å². The summed E-state index contributed by atoms with van der Waals surface area (Å²) < 4.78 is 4.59. The van der Waals surface area contributed by atoms with Gasteiger partial charge in [-0.15, -0.1) is 0 Å². The number of benzene rings is 1. The van der Waals surface area contributed by atoms with Gasteiger partial charge in [0.1, 0.15) is 0 Å². The van der Waals surface area contributed by atoms with Crippen LogP contribution in [0.5, 0.6) is 0 Å². The number of piperidine rings is 1. The summed E-state index contributed by atoms with van der Waals surface area (Å²) in [4.78, 5) is 13.7. The molecule has 0 aliphatic carbocycles. The van der Waals surface area contributed by atoms with Crippen LogP contribution in [-0.4, -0.2) is 48.8 Å². The number of nitrogens with zero attached hydrogens (tertiary/aromatic N) is 1. The lowest BCUT2D eigenvalue weighted by Crippen LogP contribution is -2.40. The highest BCUT2D eigenvalue weighted by Gasteiger charge is 2.29. The van der Waals surface area contributed by atoms with Gasteiger partial charge in [0.15, 0.2) is 6.10 Å². The monoisotopic (exact) mass is 289 g/mol. The van der Waals surface area contributed by atoms with E-state index in [1.165, 1.54) is 12.7 Å². The predicted molar refractivity (Wildman–Crippen MR) is 82.7 cm³/mol. The lowest BCUT2D eigenvalue weighted by molar-refractivity contribution is -0.154. The van der Waals surface area contributed by atoms with Gasteiger partial charge in [-0.05, 0) is 37.4 Å². The van der Waals surface area contributed by atoms with E-state index in [4.69, 9.17) is 0 Å². The minimum Gasteiger partial charge on any atom is -0.467 e. The molecule has 1 N–H and O–H groups in total. The molecule has 1 aromatic carbocycles. The van der Waals surface area contributed by atoms with Crippen molar-refractivity contribution in [3.63, 3.8) is 0 Å². The lowest BCUT2D eigenvalue weighted by Gasteiger charge is -2.32. The number of ether oxygens (including phenoxy) is 1. The van der Waals surface area contributed by atoms with E-state index in [1.807, 2.05) is 18.2 Å². The molecule has 0 spiro atoms. The first-order valence-electron chi connectivity index (χ1n) is 7.40. The molecule has 0 saturated carbocycles. The molecule has 0 amide bonds. The van der Waals surface area contributed by atoms with Gasteiger partial charge in [-0.25, -0.2) is 4.79 Å². The Bertz CT molecular complexity index is 464. The first-order valence-corrected chi connectivity index (χ1v) is 7.40. The average molecular weight is 289 g/mol. The number of likely N-dealkylation sites (tertiary alicyclic amines) is 1. The first-order chi connectivity index (χ1) is 10.2. The summed E-state index contributed by atoms with van der Waals surface area (Å²) >= 11 is 0. The largest absolute Gasteiger partial charge is 0.467 e. The summed E-state index contributed by atoms with van der Waals surface area (Å²) in [5, 5.41) is 9.85. The van der Waals surface area contributed by atoms with Crippen LogP contribution in [0.2, 0.25) is 0 Å². The van der Waals surface area contributed by atoms with Crippen molar-refractivity contribution in [3.8, 4) is 0 Å². The van der Waals surface area contributed by atoms with Crippen LogP contribution in [0.25, 0.3) is 6.08 Å². The summed E-state index contributed by atoms with van der Waals surface area (Å²) in [6, 6.07) is 10.2. The van der Waals surface area contributed by atoms with E-state index < -0.39 is 12.1 Å². The topological polar surface area (TPSA) is 49.8 Å². The molecule has 2 rings (SSSR count). The molecule has 1 aromatic rings. The van der Waals surface area contributed by atoms with Crippen LogP contribution in [0.3, 0.4) is 0 Å². The summed E-state index contributed by atoms with van der Waals surface area (Å²) in [7, 11) is 1.31. The van der Waals surface area contributed by atoms with Crippen LogP contribution in [0.15, 0.2) is 36.4 Å². The van der Waals surface area contributed by atoms with Gasteiger partial charge in [-0.3, -0.25) is 4.90 Å². The van der Waals surface area contributed by atoms with E-state index >= 15 is 0 Å². The first kappa shape index (κ1) is 15.7. The molecular formula is C17H23NO3. The number of rotatable bonds is 5. The van der Waals surface area contributed by atoms with E-state index in [0.717, 1.165) is 32.5 Å². The quantitative estimate of drug-likeness (QED) is 0.842. The fourth-order valence-corrected chi connectivity index (χ4v) is 2.67. The Balaban J connectivity index is 1.74. The minimum atomic E-state index is -0.975. The third-order valence-corrected chi connectivity index (χ3v) is 3.99. The zero-order valence-corrected chi connectivity index (χ0v) is 12.4. The summed E-state index contributed by atoms with van der Waals surface area (Å²) in [6.07, 6.45) is 4.96. The van der Waals surface area contributed by atoms with Crippen molar-refractivity contribution < 1.29 is 14.6 Å². The normalized spacial score (nSPS) is 18.8. The molecule has 1 unspecified atom stereocenters.